The van der Waals surface area contributed by atoms with Gasteiger partial charge in [0.25, 0.3) is 0 Å². The van der Waals surface area contributed by atoms with Gasteiger partial charge in [-0.2, -0.15) is 0 Å². The second kappa shape index (κ2) is 6.09. The fourth-order valence-corrected chi connectivity index (χ4v) is 3.40. The Labute approximate surface area is 136 Å². The van der Waals surface area contributed by atoms with Crippen LogP contribution in [0, 0.1) is 0 Å². The van der Waals surface area contributed by atoms with E-state index in [1.54, 1.807) is 0 Å². The first-order valence-electron chi connectivity index (χ1n) is 8.29. The van der Waals surface area contributed by atoms with Gasteiger partial charge in [-0.25, -0.2) is 0 Å². The van der Waals surface area contributed by atoms with E-state index in [1.807, 2.05) is 6.07 Å². The van der Waals surface area contributed by atoms with E-state index in [0.717, 1.165) is 31.7 Å². The Kier molecular flexibility index (Phi) is 3.80. The first-order chi connectivity index (χ1) is 11.3. The maximum absolute atomic E-state index is 6.16. The predicted molar refractivity (Wildman–Crippen MR) is 94.0 cm³/mol. The van der Waals surface area contributed by atoms with Crippen molar-refractivity contribution in [3.8, 4) is 5.75 Å². The average Bonchev–Trinajstić information content (AvgIpc) is 2.85. The van der Waals surface area contributed by atoms with Crippen LogP contribution in [0.4, 0.5) is 0 Å². The first kappa shape index (κ1) is 14.3. The van der Waals surface area contributed by atoms with E-state index < -0.39 is 0 Å². The normalized spacial score (nSPS) is 15.3. The number of likely N-dealkylation sites (N-methyl/N-ethyl adjacent to an activating group) is 1. The van der Waals surface area contributed by atoms with Crippen molar-refractivity contribution in [3.05, 3.63) is 65.4 Å². The Bertz CT molecular complexity index is 807. The molecule has 0 amide bonds. The largest absolute Gasteiger partial charge is 0.488 e. The van der Waals surface area contributed by atoms with Crippen molar-refractivity contribution >= 4 is 10.9 Å². The molecule has 118 valence electrons. The number of hydrogen-bond donors (Lipinski definition) is 1. The fourth-order valence-electron chi connectivity index (χ4n) is 3.40. The molecule has 1 N–H and O–H groups in total. The van der Waals surface area contributed by atoms with Gasteiger partial charge in [0.1, 0.15) is 12.4 Å². The molecule has 2 heterocycles. The second-order valence-electron chi connectivity index (χ2n) is 6.34. The molecule has 0 fully saturated rings. The summed E-state index contributed by atoms with van der Waals surface area (Å²) in [7, 11) is 2.20. The van der Waals surface area contributed by atoms with E-state index in [4.69, 9.17) is 4.74 Å². The molecule has 3 aromatic rings. The number of H-pyrrole nitrogens is 1. The molecule has 1 aromatic heterocycles. The summed E-state index contributed by atoms with van der Waals surface area (Å²) in [5, 5.41) is 1.27. The molecule has 4 rings (SSSR count). The number of rotatable bonds is 3. The van der Waals surface area contributed by atoms with Gasteiger partial charge >= 0.3 is 0 Å². The number of aromatic nitrogens is 1. The highest BCUT2D eigenvalue weighted by Gasteiger charge is 2.18. The molecule has 3 heteroatoms. The van der Waals surface area contributed by atoms with Crippen LogP contribution >= 0.6 is 0 Å². The summed E-state index contributed by atoms with van der Waals surface area (Å²) in [6.07, 6.45) is 2.16. The van der Waals surface area contributed by atoms with Crippen LogP contribution in [-0.2, 0) is 19.4 Å². The number of hydrogen-bond acceptors (Lipinski definition) is 2. The van der Waals surface area contributed by atoms with Crippen molar-refractivity contribution in [2.75, 3.05) is 20.1 Å². The van der Waals surface area contributed by atoms with Gasteiger partial charge < -0.3 is 14.6 Å². The third-order valence-corrected chi connectivity index (χ3v) is 4.70. The minimum atomic E-state index is 0.611. The number of ether oxygens (including phenoxy) is 1. The minimum absolute atomic E-state index is 0.611. The molecule has 0 saturated heterocycles. The quantitative estimate of drug-likeness (QED) is 0.797. The second-order valence-corrected chi connectivity index (χ2v) is 6.34. The Hall–Kier alpha value is -2.26. The van der Waals surface area contributed by atoms with Gasteiger partial charge in [0, 0.05) is 36.1 Å². The Morgan fingerprint density at radius 2 is 1.83 bits per heavy atom. The van der Waals surface area contributed by atoms with Crippen molar-refractivity contribution in [1.82, 2.24) is 9.88 Å². The van der Waals surface area contributed by atoms with E-state index in [2.05, 4.69) is 59.4 Å². The lowest BCUT2D eigenvalue weighted by Gasteiger charge is -2.12. The van der Waals surface area contributed by atoms with Crippen LogP contribution in [-0.4, -0.2) is 30.0 Å². The molecule has 1 aliphatic heterocycles. The molecule has 2 aromatic carbocycles. The van der Waals surface area contributed by atoms with Gasteiger partial charge in [-0.05, 0) is 36.7 Å². The Morgan fingerprint density at radius 1 is 1.00 bits per heavy atom. The molecule has 0 aliphatic carbocycles. The average molecular weight is 306 g/mol. The van der Waals surface area contributed by atoms with Gasteiger partial charge in [0.15, 0.2) is 0 Å². The smallest absolute Gasteiger partial charge is 0.129 e. The summed E-state index contributed by atoms with van der Waals surface area (Å²) in [4.78, 5) is 6.00. The summed E-state index contributed by atoms with van der Waals surface area (Å²) in [6, 6.07) is 16.7. The zero-order valence-corrected chi connectivity index (χ0v) is 13.5. The fraction of sp³-hybridized carbons (Fsp3) is 0.300. The number of fused-ring (bicyclic) bond motifs is 3. The monoisotopic (exact) mass is 306 g/mol. The lowest BCUT2D eigenvalue weighted by atomic mass is 10.1. The molecule has 0 bridgehead atoms. The predicted octanol–water partition coefficient (Wildman–Crippen LogP) is 3.78. The van der Waals surface area contributed by atoms with E-state index in [9.17, 15) is 0 Å². The molecule has 0 atom stereocenters. The maximum Gasteiger partial charge on any atom is 0.129 e. The summed E-state index contributed by atoms with van der Waals surface area (Å²) >= 11 is 0. The van der Waals surface area contributed by atoms with Crippen LogP contribution in [0.15, 0.2) is 48.5 Å². The summed E-state index contributed by atoms with van der Waals surface area (Å²) < 4.78 is 6.16. The van der Waals surface area contributed by atoms with Crippen LogP contribution in [0.25, 0.3) is 10.9 Å². The van der Waals surface area contributed by atoms with Crippen LogP contribution in [0.5, 0.6) is 5.75 Å². The highest BCUT2D eigenvalue weighted by Crippen LogP contribution is 2.33. The zero-order valence-electron chi connectivity index (χ0n) is 13.5. The topological polar surface area (TPSA) is 28.3 Å². The van der Waals surface area contributed by atoms with Crippen LogP contribution in [0.2, 0.25) is 0 Å². The molecule has 0 spiro atoms. The standard InChI is InChI=1S/C20H22N2O/c1-22-12-10-16-17(11-13-22)21-18-8-5-9-19(20(16)18)23-14-15-6-3-2-4-7-15/h2-9,21H,10-14H2,1H3. The van der Waals surface area contributed by atoms with Crippen LogP contribution < -0.4 is 4.74 Å². The van der Waals surface area contributed by atoms with E-state index in [-0.39, 0.29) is 0 Å². The van der Waals surface area contributed by atoms with Gasteiger partial charge in [0.2, 0.25) is 0 Å². The number of nitrogens with zero attached hydrogens (tertiary/aromatic N) is 1. The number of nitrogens with one attached hydrogen (secondary N) is 1. The van der Waals surface area contributed by atoms with Crippen LogP contribution in [0.1, 0.15) is 16.8 Å². The molecule has 0 radical (unpaired) electrons. The third-order valence-electron chi connectivity index (χ3n) is 4.70. The van der Waals surface area contributed by atoms with Gasteiger partial charge in [0.05, 0.1) is 0 Å². The van der Waals surface area contributed by atoms with E-state index in [0.29, 0.717) is 6.61 Å². The maximum atomic E-state index is 6.16. The SMILES string of the molecule is CN1CCc2[nH]c3cccc(OCc4ccccc4)c3c2CC1. The molecule has 0 saturated carbocycles. The number of benzene rings is 2. The van der Waals surface area contributed by atoms with E-state index in [1.165, 1.54) is 27.7 Å². The van der Waals surface area contributed by atoms with Crippen molar-refractivity contribution in [2.45, 2.75) is 19.4 Å². The molecule has 23 heavy (non-hydrogen) atoms. The highest BCUT2D eigenvalue weighted by atomic mass is 16.5. The molecule has 1 aliphatic rings. The zero-order chi connectivity index (χ0) is 15.6. The summed E-state index contributed by atoms with van der Waals surface area (Å²) in [5.41, 5.74) is 5.21. The van der Waals surface area contributed by atoms with Crippen molar-refractivity contribution in [3.63, 3.8) is 0 Å². The van der Waals surface area contributed by atoms with Gasteiger partial charge in [-0.1, -0.05) is 36.4 Å². The Balaban J connectivity index is 1.68. The molecular formula is C20H22N2O. The summed E-state index contributed by atoms with van der Waals surface area (Å²) in [6.45, 7) is 2.83. The lowest BCUT2D eigenvalue weighted by molar-refractivity contribution is 0.310. The summed E-state index contributed by atoms with van der Waals surface area (Å²) in [5.74, 6) is 0.994. The third kappa shape index (κ3) is 2.84. The van der Waals surface area contributed by atoms with Crippen molar-refractivity contribution in [2.24, 2.45) is 0 Å². The first-order valence-corrected chi connectivity index (χ1v) is 8.29. The van der Waals surface area contributed by atoms with E-state index >= 15 is 0 Å². The Morgan fingerprint density at radius 3 is 2.70 bits per heavy atom. The highest BCUT2D eigenvalue weighted by molar-refractivity contribution is 5.90. The van der Waals surface area contributed by atoms with Gasteiger partial charge in [-0.15, -0.1) is 0 Å². The van der Waals surface area contributed by atoms with Crippen molar-refractivity contribution in [1.29, 1.82) is 0 Å². The van der Waals surface area contributed by atoms with Crippen molar-refractivity contribution < 1.29 is 4.74 Å². The van der Waals surface area contributed by atoms with Gasteiger partial charge in [-0.3, -0.25) is 0 Å². The lowest BCUT2D eigenvalue weighted by Crippen LogP contribution is -2.21. The van der Waals surface area contributed by atoms with Crippen LogP contribution in [0.3, 0.4) is 0 Å². The molecule has 3 nitrogen and oxygen atoms in total. The molecule has 0 unspecified atom stereocenters. The molecular weight excluding hydrogens is 284 g/mol. The minimum Gasteiger partial charge on any atom is -0.488 e. The number of aromatic amines is 1.